The third kappa shape index (κ3) is 1.89. The molecule has 1 saturated heterocycles. The summed E-state index contributed by atoms with van der Waals surface area (Å²) in [5.74, 6) is 0.405. The molecule has 0 bridgehead atoms. The van der Waals surface area contributed by atoms with E-state index in [9.17, 15) is 0 Å². The number of oxazole rings is 1. The summed E-state index contributed by atoms with van der Waals surface area (Å²) < 4.78 is 5.07. The van der Waals surface area contributed by atoms with Crippen LogP contribution in [-0.2, 0) is 6.61 Å². The highest BCUT2D eigenvalue weighted by Gasteiger charge is 2.17. The van der Waals surface area contributed by atoms with Crippen LogP contribution in [0, 0.1) is 0 Å². The van der Waals surface area contributed by atoms with Gasteiger partial charge in [0.15, 0.2) is 0 Å². The number of nitrogens with one attached hydrogen (secondary N) is 1. The van der Waals surface area contributed by atoms with Crippen LogP contribution in [0.4, 0.5) is 0 Å². The fraction of sp³-hybridized carbons (Fsp3) is 0.667. The predicted octanol–water partition coefficient (Wildman–Crippen LogP) is 0.982. The van der Waals surface area contributed by atoms with Crippen molar-refractivity contribution in [3.8, 4) is 0 Å². The van der Waals surface area contributed by atoms with Crippen molar-refractivity contribution in [2.75, 3.05) is 6.54 Å². The molecule has 0 aromatic carbocycles. The van der Waals surface area contributed by atoms with Crippen molar-refractivity contribution >= 4 is 0 Å². The average molecular weight is 182 g/mol. The van der Waals surface area contributed by atoms with Gasteiger partial charge in [0, 0.05) is 0 Å². The van der Waals surface area contributed by atoms with E-state index in [1.54, 1.807) is 6.26 Å². The Labute approximate surface area is 77.0 Å². The van der Waals surface area contributed by atoms with Crippen LogP contribution in [-0.4, -0.2) is 16.6 Å². The van der Waals surface area contributed by atoms with E-state index in [2.05, 4.69) is 10.3 Å². The van der Waals surface area contributed by atoms with E-state index in [1.807, 2.05) is 0 Å². The van der Waals surface area contributed by atoms with E-state index in [1.165, 1.54) is 12.8 Å². The number of aliphatic hydroxyl groups excluding tert-OH is 1. The molecule has 1 aromatic rings. The molecule has 2 N–H and O–H groups in total. The summed E-state index contributed by atoms with van der Waals surface area (Å²) in [6.07, 6.45) is 5.21. The minimum Gasteiger partial charge on any atom is -0.446 e. The van der Waals surface area contributed by atoms with Crippen LogP contribution in [0.2, 0.25) is 0 Å². The first kappa shape index (κ1) is 8.72. The molecule has 0 radical (unpaired) electrons. The molecule has 0 spiro atoms. The first-order valence-corrected chi connectivity index (χ1v) is 4.68. The fourth-order valence-electron chi connectivity index (χ4n) is 1.66. The molecule has 1 unspecified atom stereocenters. The van der Waals surface area contributed by atoms with Gasteiger partial charge in [0.1, 0.15) is 12.9 Å². The molecule has 2 heterocycles. The van der Waals surface area contributed by atoms with Crippen LogP contribution in [0.5, 0.6) is 0 Å². The minimum atomic E-state index is -0.118. The van der Waals surface area contributed by atoms with Gasteiger partial charge in [-0.05, 0) is 19.4 Å². The highest BCUT2D eigenvalue weighted by Crippen LogP contribution is 2.21. The maximum atomic E-state index is 8.77. The van der Waals surface area contributed by atoms with Crippen molar-refractivity contribution < 1.29 is 9.52 Å². The minimum absolute atomic E-state index is 0.118. The maximum absolute atomic E-state index is 8.77. The Kier molecular flexibility index (Phi) is 2.61. The van der Waals surface area contributed by atoms with Crippen LogP contribution in [0.3, 0.4) is 0 Å². The number of piperidine rings is 1. The van der Waals surface area contributed by atoms with Gasteiger partial charge in [-0.25, -0.2) is 4.98 Å². The Morgan fingerprint density at radius 2 is 2.54 bits per heavy atom. The van der Waals surface area contributed by atoms with E-state index in [0.717, 1.165) is 18.7 Å². The van der Waals surface area contributed by atoms with Crippen LogP contribution in [0.15, 0.2) is 10.7 Å². The summed E-state index contributed by atoms with van der Waals surface area (Å²) in [5, 5.41) is 12.1. The van der Waals surface area contributed by atoms with Crippen LogP contribution >= 0.6 is 0 Å². The quantitative estimate of drug-likeness (QED) is 0.715. The first-order valence-electron chi connectivity index (χ1n) is 4.68. The number of rotatable bonds is 2. The number of aliphatic hydroxyl groups is 1. The van der Waals surface area contributed by atoms with Crippen LogP contribution in [0.1, 0.15) is 36.9 Å². The zero-order chi connectivity index (χ0) is 9.10. The third-order valence-corrected chi connectivity index (χ3v) is 2.37. The van der Waals surface area contributed by atoms with E-state index in [-0.39, 0.29) is 6.61 Å². The number of hydrogen-bond acceptors (Lipinski definition) is 4. The largest absolute Gasteiger partial charge is 0.446 e. The lowest BCUT2D eigenvalue weighted by atomic mass is 10.0. The van der Waals surface area contributed by atoms with E-state index < -0.39 is 0 Å². The molecule has 0 amide bonds. The standard InChI is InChI=1S/C9H14N2O2/c12-5-9-11-8(6-13-9)7-3-1-2-4-10-7/h6-7,10,12H,1-5H2. The molecule has 72 valence electrons. The first-order chi connectivity index (χ1) is 6.40. The van der Waals surface area contributed by atoms with Gasteiger partial charge >= 0.3 is 0 Å². The van der Waals surface area contributed by atoms with E-state index >= 15 is 0 Å². The molecule has 1 aliphatic rings. The normalized spacial score (nSPS) is 23.3. The summed E-state index contributed by atoms with van der Waals surface area (Å²) in [5.41, 5.74) is 0.920. The molecular weight excluding hydrogens is 168 g/mol. The molecule has 1 aliphatic heterocycles. The summed E-state index contributed by atoms with van der Waals surface area (Å²) in [6, 6.07) is 0.317. The monoisotopic (exact) mass is 182 g/mol. The van der Waals surface area contributed by atoms with Gasteiger partial charge in [0.25, 0.3) is 0 Å². The smallest absolute Gasteiger partial charge is 0.220 e. The molecule has 2 rings (SSSR count). The molecule has 0 saturated carbocycles. The van der Waals surface area contributed by atoms with Crippen molar-refractivity contribution in [2.45, 2.75) is 31.9 Å². The molecule has 1 aromatic heterocycles. The third-order valence-electron chi connectivity index (χ3n) is 2.37. The predicted molar refractivity (Wildman–Crippen MR) is 47.0 cm³/mol. The summed E-state index contributed by atoms with van der Waals surface area (Å²) in [4.78, 5) is 4.17. The highest BCUT2D eigenvalue weighted by molar-refractivity contribution is 5.03. The SMILES string of the molecule is OCc1nc(C2CCCCN2)co1. The van der Waals surface area contributed by atoms with Gasteiger partial charge in [-0.1, -0.05) is 6.42 Å². The van der Waals surface area contributed by atoms with Crippen molar-refractivity contribution in [1.29, 1.82) is 0 Å². The summed E-state index contributed by atoms with van der Waals surface area (Å²) >= 11 is 0. The molecular formula is C9H14N2O2. The maximum Gasteiger partial charge on any atom is 0.220 e. The van der Waals surface area contributed by atoms with Crippen LogP contribution in [0.25, 0.3) is 0 Å². The lowest BCUT2D eigenvalue weighted by Crippen LogP contribution is -2.26. The lowest BCUT2D eigenvalue weighted by molar-refractivity contribution is 0.240. The van der Waals surface area contributed by atoms with E-state index in [4.69, 9.17) is 9.52 Å². The summed E-state index contributed by atoms with van der Waals surface area (Å²) in [6.45, 7) is 0.929. The topological polar surface area (TPSA) is 58.3 Å². The highest BCUT2D eigenvalue weighted by atomic mass is 16.4. The molecule has 0 aliphatic carbocycles. The van der Waals surface area contributed by atoms with Gasteiger partial charge in [0.05, 0.1) is 11.7 Å². The number of hydrogen-bond donors (Lipinski definition) is 2. The Morgan fingerprint density at radius 3 is 3.15 bits per heavy atom. The fourth-order valence-corrected chi connectivity index (χ4v) is 1.66. The second-order valence-corrected chi connectivity index (χ2v) is 3.33. The molecule has 1 atom stereocenters. The molecule has 1 fully saturated rings. The Morgan fingerprint density at radius 1 is 1.62 bits per heavy atom. The Balaban J connectivity index is 2.05. The second kappa shape index (κ2) is 3.89. The van der Waals surface area contributed by atoms with Crippen molar-refractivity contribution in [3.05, 3.63) is 17.8 Å². The molecule has 13 heavy (non-hydrogen) atoms. The molecule has 4 nitrogen and oxygen atoms in total. The number of aromatic nitrogens is 1. The Hall–Kier alpha value is -0.870. The van der Waals surface area contributed by atoms with Gasteiger partial charge in [-0.3, -0.25) is 0 Å². The van der Waals surface area contributed by atoms with E-state index in [0.29, 0.717) is 11.9 Å². The van der Waals surface area contributed by atoms with Crippen molar-refractivity contribution in [3.63, 3.8) is 0 Å². The van der Waals surface area contributed by atoms with Gasteiger partial charge in [-0.15, -0.1) is 0 Å². The zero-order valence-electron chi connectivity index (χ0n) is 7.49. The van der Waals surface area contributed by atoms with Gasteiger partial charge < -0.3 is 14.8 Å². The van der Waals surface area contributed by atoms with Crippen molar-refractivity contribution in [1.82, 2.24) is 10.3 Å². The molecule has 4 heteroatoms. The second-order valence-electron chi connectivity index (χ2n) is 3.33. The van der Waals surface area contributed by atoms with Gasteiger partial charge in [0.2, 0.25) is 5.89 Å². The average Bonchev–Trinajstić information content (AvgIpc) is 2.67. The van der Waals surface area contributed by atoms with Gasteiger partial charge in [-0.2, -0.15) is 0 Å². The lowest BCUT2D eigenvalue weighted by Gasteiger charge is -2.20. The zero-order valence-corrected chi connectivity index (χ0v) is 7.49. The van der Waals surface area contributed by atoms with Crippen LogP contribution < -0.4 is 5.32 Å². The Bertz CT molecular complexity index is 266. The summed E-state index contributed by atoms with van der Waals surface area (Å²) in [7, 11) is 0. The van der Waals surface area contributed by atoms with Crippen molar-refractivity contribution in [2.24, 2.45) is 0 Å². The number of nitrogens with zero attached hydrogens (tertiary/aromatic N) is 1.